The van der Waals surface area contributed by atoms with Crippen LogP contribution in [0.2, 0.25) is 0 Å². The third kappa shape index (κ3) is 3.98. The zero-order valence-electron chi connectivity index (χ0n) is 15.3. The molecule has 1 saturated heterocycles. The zero-order valence-corrected chi connectivity index (χ0v) is 16.9. The van der Waals surface area contributed by atoms with Crippen LogP contribution in [0.3, 0.4) is 0 Å². The molecule has 5 rings (SSSR count). The summed E-state index contributed by atoms with van der Waals surface area (Å²) < 4.78 is 13.6. The summed E-state index contributed by atoms with van der Waals surface area (Å²) in [5.41, 5.74) is 2.01. The van der Waals surface area contributed by atoms with Crippen LogP contribution in [-0.4, -0.2) is 55.7 Å². The summed E-state index contributed by atoms with van der Waals surface area (Å²) >= 11 is 0. The van der Waals surface area contributed by atoms with Gasteiger partial charge in [0.2, 0.25) is 11.9 Å². The average Bonchev–Trinajstić information content (AvgIpc) is 3.28. The summed E-state index contributed by atoms with van der Waals surface area (Å²) in [6.45, 7) is 2.65. The van der Waals surface area contributed by atoms with Gasteiger partial charge in [-0.05, 0) is 30.5 Å². The molecule has 8 nitrogen and oxygen atoms in total. The molecule has 1 spiro atoms. The highest BCUT2D eigenvalue weighted by molar-refractivity contribution is 5.85. The fourth-order valence-electron chi connectivity index (χ4n) is 3.54. The molecule has 1 saturated carbocycles. The molecule has 2 aliphatic rings. The van der Waals surface area contributed by atoms with E-state index in [1.165, 1.54) is 25.1 Å². The lowest BCUT2D eigenvalue weighted by Gasteiger charge is -2.33. The van der Waals surface area contributed by atoms with E-state index >= 15 is 0 Å². The van der Waals surface area contributed by atoms with Crippen LogP contribution in [0.4, 0.5) is 10.3 Å². The number of nitrogens with zero attached hydrogens (tertiary/aromatic N) is 5. The standard InChI is InChI=1S/C18H18FN7O.2ClH/c19-16-13(8-22-24-16)11-1-2-12(15(27)7-11)14-9-20-17(25-23-14)26-6-5-21-18(10-26)3-4-18;;/h1-2,7-9,21,27H,3-6,10H2,(H,22,24);2*1H. The molecule has 11 heteroatoms. The van der Waals surface area contributed by atoms with Crippen molar-refractivity contribution in [1.29, 1.82) is 0 Å². The number of rotatable bonds is 3. The molecular formula is C18H20Cl2FN7O. The minimum atomic E-state index is -0.614. The third-order valence-corrected chi connectivity index (χ3v) is 5.24. The van der Waals surface area contributed by atoms with Gasteiger partial charge in [-0.1, -0.05) is 6.07 Å². The second-order valence-corrected chi connectivity index (χ2v) is 7.09. The Hall–Kier alpha value is -2.49. The molecule has 154 valence electrons. The Bertz CT molecular complexity index is 994. The predicted molar refractivity (Wildman–Crippen MR) is 111 cm³/mol. The van der Waals surface area contributed by atoms with Gasteiger partial charge in [-0.3, -0.25) is 5.10 Å². The highest BCUT2D eigenvalue weighted by Gasteiger charge is 2.46. The second kappa shape index (κ2) is 8.10. The molecule has 3 heterocycles. The smallest absolute Gasteiger partial charge is 0.245 e. The molecule has 29 heavy (non-hydrogen) atoms. The number of H-pyrrole nitrogens is 1. The molecule has 3 aromatic rings. The molecule has 2 aromatic heterocycles. The number of phenolic OH excluding ortho intramolecular Hbond substituents is 1. The maximum absolute atomic E-state index is 13.6. The van der Waals surface area contributed by atoms with E-state index < -0.39 is 5.95 Å². The van der Waals surface area contributed by atoms with Crippen molar-refractivity contribution < 1.29 is 9.50 Å². The van der Waals surface area contributed by atoms with Crippen molar-refractivity contribution in [3.8, 4) is 28.1 Å². The van der Waals surface area contributed by atoms with Crippen LogP contribution < -0.4 is 10.2 Å². The molecule has 1 aromatic carbocycles. The van der Waals surface area contributed by atoms with Crippen LogP contribution >= 0.6 is 24.8 Å². The molecular weight excluding hydrogens is 420 g/mol. The van der Waals surface area contributed by atoms with Gasteiger partial charge in [0.15, 0.2) is 0 Å². The number of nitrogens with one attached hydrogen (secondary N) is 2. The molecule has 1 aliphatic carbocycles. The number of anilines is 1. The summed E-state index contributed by atoms with van der Waals surface area (Å²) in [6, 6.07) is 4.85. The van der Waals surface area contributed by atoms with Gasteiger partial charge in [0.05, 0.1) is 11.8 Å². The van der Waals surface area contributed by atoms with Crippen molar-refractivity contribution >= 4 is 30.8 Å². The third-order valence-electron chi connectivity index (χ3n) is 5.24. The van der Waals surface area contributed by atoms with Gasteiger partial charge in [-0.2, -0.15) is 4.39 Å². The number of aromatic amines is 1. The van der Waals surface area contributed by atoms with Crippen LogP contribution in [0.15, 0.2) is 30.6 Å². The van der Waals surface area contributed by atoms with Crippen LogP contribution in [0, 0.1) is 5.95 Å². The van der Waals surface area contributed by atoms with Gasteiger partial charge < -0.3 is 15.3 Å². The van der Waals surface area contributed by atoms with Gasteiger partial charge in [0.25, 0.3) is 0 Å². The van der Waals surface area contributed by atoms with Gasteiger partial charge >= 0.3 is 0 Å². The number of hydrogen-bond donors (Lipinski definition) is 3. The van der Waals surface area contributed by atoms with Crippen LogP contribution in [0.25, 0.3) is 22.4 Å². The lowest BCUT2D eigenvalue weighted by Crippen LogP contribution is -2.53. The molecule has 0 amide bonds. The molecule has 0 bridgehead atoms. The average molecular weight is 440 g/mol. The fraction of sp³-hybridized carbons (Fsp3) is 0.333. The first-order chi connectivity index (χ1) is 13.1. The second-order valence-electron chi connectivity index (χ2n) is 7.09. The van der Waals surface area contributed by atoms with Gasteiger partial charge in [-0.15, -0.1) is 40.1 Å². The van der Waals surface area contributed by atoms with Crippen LogP contribution in [0.5, 0.6) is 5.75 Å². The Morgan fingerprint density at radius 3 is 2.59 bits per heavy atom. The van der Waals surface area contributed by atoms with Crippen molar-refractivity contribution in [2.75, 3.05) is 24.5 Å². The van der Waals surface area contributed by atoms with Crippen molar-refractivity contribution in [2.24, 2.45) is 0 Å². The number of phenols is 1. The topological polar surface area (TPSA) is 103 Å². The number of piperazine rings is 1. The summed E-state index contributed by atoms with van der Waals surface area (Å²) in [5.74, 6) is -0.0309. The number of aromatic nitrogens is 5. The maximum Gasteiger partial charge on any atom is 0.245 e. The van der Waals surface area contributed by atoms with E-state index in [4.69, 9.17) is 0 Å². The molecule has 0 atom stereocenters. The Labute approximate surface area is 178 Å². The Morgan fingerprint density at radius 2 is 1.97 bits per heavy atom. The van der Waals surface area contributed by atoms with Gasteiger partial charge in [0.1, 0.15) is 11.4 Å². The predicted octanol–water partition coefficient (Wildman–Crippen LogP) is 2.56. The summed E-state index contributed by atoms with van der Waals surface area (Å²) in [7, 11) is 0. The lowest BCUT2D eigenvalue weighted by molar-refractivity contribution is 0.437. The molecule has 2 fully saturated rings. The first-order valence-electron chi connectivity index (χ1n) is 8.86. The summed E-state index contributed by atoms with van der Waals surface area (Å²) in [5, 5.41) is 28.3. The van der Waals surface area contributed by atoms with E-state index in [9.17, 15) is 9.50 Å². The highest BCUT2D eigenvalue weighted by atomic mass is 35.5. The summed E-state index contributed by atoms with van der Waals surface area (Å²) in [6.07, 6.45) is 5.43. The molecule has 0 radical (unpaired) electrons. The monoisotopic (exact) mass is 439 g/mol. The van der Waals surface area contributed by atoms with E-state index in [-0.39, 0.29) is 36.1 Å². The molecule has 1 aliphatic heterocycles. The lowest BCUT2D eigenvalue weighted by atomic mass is 10.0. The van der Waals surface area contributed by atoms with E-state index in [1.807, 2.05) is 0 Å². The first-order valence-corrected chi connectivity index (χ1v) is 8.86. The number of aromatic hydroxyl groups is 1. The van der Waals surface area contributed by atoms with Crippen LogP contribution in [-0.2, 0) is 0 Å². The van der Waals surface area contributed by atoms with Crippen molar-refractivity contribution in [1.82, 2.24) is 30.7 Å². The number of halogens is 3. The van der Waals surface area contributed by atoms with E-state index in [0.717, 1.165) is 19.6 Å². The van der Waals surface area contributed by atoms with E-state index in [0.29, 0.717) is 28.3 Å². The minimum Gasteiger partial charge on any atom is -0.507 e. The van der Waals surface area contributed by atoms with Gasteiger partial charge in [-0.25, -0.2) is 4.98 Å². The highest BCUT2D eigenvalue weighted by Crippen LogP contribution is 2.38. The fourth-order valence-corrected chi connectivity index (χ4v) is 3.54. The number of hydrogen-bond acceptors (Lipinski definition) is 7. The van der Waals surface area contributed by atoms with Gasteiger partial charge in [0, 0.05) is 36.9 Å². The van der Waals surface area contributed by atoms with Crippen molar-refractivity contribution in [3.05, 3.63) is 36.5 Å². The van der Waals surface area contributed by atoms with Crippen molar-refractivity contribution in [2.45, 2.75) is 18.4 Å². The van der Waals surface area contributed by atoms with Crippen LogP contribution in [0.1, 0.15) is 12.8 Å². The Balaban J connectivity index is 0.00000120. The number of benzene rings is 1. The quantitative estimate of drug-likeness (QED) is 0.575. The minimum absolute atomic E-state index is 0. The zero-order chi connectivity index (χ0) is 18.4. The van der Waals surface area contributed by atoms with E-state index in [1.54, 1.807) is 18.3 Å². The largest absolute Gasteiger partial charge is 0.507 e. The Kier molecular flexibility index (Phi) is 5.92. The molecule has 0 unspecified atom stereocenters. The summed E-state index contributed by atoms with van der Waals surface area (Å²) in [4.78, 5) is 6.58. The first kappa shape index (κ1) is 21.2. The Morgan fingerprint density at radius 1 is 1.14 bits per heavy atom. The molecule has 3 N–H and O–H groups in total. The van der Waals surface area contributed by atoms with Crippen molar-refractivity contribution in [3.63, 3.8) is 0 Å². The maximum atomic E-state index is 13.6. The SMILES string of the molecule is Cl.Cl.Oc1cc(-c2c[nH]nc2F)ccc1-c1cnc(N2CCNC3(CC3)C2)nn1. The normalized spacial score (nSPS) is 16.8. The van der Waals surface area contributed by atoms with E-state index in [2.05, 4.69) is 35.6 Å².